The number of aromatic amines is 1. The number of rotatable bonds is 1. The summed E-state index contributed by atoms with van der Waals surface area (Å²) in [4.78, 5) is 18.3. The number of imidazole rings is 1. The third kappa shape index (κ3) is 1.42. The second kappa shape index (κ2) is 3.29. The average molecular weight is 226 g/mol. The van der Waals surface area contributed by atoms with E-state index in [1.807, 2.05) is 6.07 Å². The van der Waals surface area contributed by atoms with Crippen LogP contribution in [-0.4, -0.2) is 16.3 Å². The van der Waals surface area contributed by atoms with Crippen molar-refractivity contribution >= 4 is 6.29 Å². The molecule has 17 heavy (non-hydrogen) atoms. The number of hydrogen-bond donors (Lipinski definition) is 1. The van der Waals surface area contributed by atoms with Crippen LogP contribution in [-0.2, 0) is 11.8 Å². The zero-order chi connectivity index (χ0) is 12.0. The number of benzene rings is 1. The molecule has 3 nitrogen and oxygen atoms in total. The molecule has 0 fully saturated rings. The number of aldehydes is 1. The molecule has 0 amide bonds. The molecule has 1 heterocycles. The molecule has 0 saturated heterocycles. The minimum Gasteiger partial charge on any atom is -0.339 e. The number of hydrogen-bond acceptors (Lipinski definition) is 2. The van der Waals surface area contributed by atoms with Gasteiger partial charge in [-0.3, -0.25) is 4.79 Å². The third-order valence-corrected chi connectivity index (χ3v) is 3.44. The number of carbonyl (C=O) groups excluding carboxylic acids is 1. The highest BCUT2D eigenvalue weighted by Gasteiger charge is 2.32. The SMILES string of the molecule is CC1(C)Cc2[nH]c(C=O)nc2-c2ccccc21. The molecule has 0 aliphatic heterocycles. The van der Waals surface area contributed by atoms with Gasteiger partial charge in [-0.25, -0.2) is 4.98 Å². The zero-order valence-electron chi connectivity index (χ0n) is 9.95. The van der Waals surface area contributed by atoms with Gasteiger partial charge >= 0.3 is 0 Å². The minimum atomic E-state index is 0.0796. The predicted octanol–water partition coefficient (Wildman–Crippen LogP) is 2.72. The van der Waals surface area contributed by atoms with Gasteiger partial charge < -0.3 is 4.98 Å². The van der Waals surface area contributed by atoms with E-state index in [9.17, 15) is 4.79 Å². The van der Waals surface area contributed by atoms with Crippen molar-refractivity contribution in [1.82, 2.24) is 9.97 Å². The highest BCUT2D eigenvalue weighted by atomic mass is 16.1. The van der Waals surface area contributed by atoms with Crippen LogP contribution < -0.4 is 0 Å². The predicted molar refractivity (Wildman–Crippen MR) is 66.1 cm³/mol. The van der Waals surface area contributed by atoms with Gasteiger partial charge in [0.1, 0.15) is 0 Å². The molecule has 1 aliphatic rings. The van der Waals surface area contributed by atoms with Gasteiger partial charge in [-0.05, 0) is 17.4 Å². The van der Waals surface area contributed by atoms with Crippen LogP contribution in [0.5, 0.6) is 0 Å². The summed E-state index contributed by atoms with van der Waals surface area (Å²) in [5.74, 6) is 0.419. The molecule has 0 spiro atoms. The standard InChI is InChI=1S/C14H14N2O/c1-14(2)7-11-13(16-12(8-17)15-11)9-5-3-4-6-10(9)14/h3-6,8H,7H2,1-2H3,(H,15,16). The molecule has 86 valence electrons. The fraction of sp³-hybridized carbons (Fsp3) is 0.286. The summed E-state index contributed by atoms with van der Waals surface area (Å²) in [5, 5.41) is 0. The topological polar surface area (TPSA) is 45.8 Å². The van der Waals surface area contributed by atoms with Crippen LogP contribution >= 0.6 is 0 Å². The zero-order valence-corrected chi connectivity index (χ0v) is 9.95. The fourth-order valence-corrected chi connectivity index (χ4v) is 2.65. The number of aromatic nitrogens is 2. The second-order valence-corrected chi connectivity index (χ2v) is 5.17. The molecule has 0 atom stereocenters. The van der Waals surface area contributed by atoms with Gasteiger partial charge in [-0.1, -0.05) is 38.1 Å². The van der Waals surface area contributed by atoms with Crippen LogP contribution in [0, 0.1) is 0 Å². The van der Waals surface area contributed by atoms with E-state index >= 15 is 0 Å². The molecule has 1 N–H and O–H groups in total. The highest BCUT2D eigenvalue weighted by Crippen LogP contribution is 2.41. The molecule has 0 unspecified atom stereocenters. The first-order valence-corrected chi connectivity index (χ1v) is 5.76. The lowest BCUT2D eigenvalue weighted by atomic mass is 9.73. The Bertz CT molecular complexity index is 596. The van der Waals surface area contributed by atoms with Crippen molar-refractivity contribution in [3.8, 4) is 11.3 Å². The van der Waals surface area contributed by atoms with E-state index in [0.29, 0.717) is 5.82 Å². The van der Waals surface area contributed by atoms with Gasteiger partial charge in [0.25, 0.3) is 0 Å². The maximum atomic E-state index is 10.8. The van der Waals surface area contributed by atoms with E-state index in [2.05, 4.69) is 42.0 Å². The first-order chi connectivity index (χ1) is 8.12. The number of fused-ring (bicyclic) bond motifs is 3. The number of nitrogens with one attached hydrogen (secondary N) is 1. The van der Waals surface area contributed by atoms with Crippen LogP contribution in [0.2, 0.25) is 0 Å². The van der Waals surface area contributed by atoms with E-state index in [1.54, 1.807) is 0 Å². The Morgan fingerprint density at radius 2 is 2.12 bits per heavy atom. The van der Waals surface area contributed by atoms with E-state index in [1.165, 1.54) is 5.56 Å². The summed E-state index contributed by atoms with van der Waals surface area (Å²) in [6.07, 6.45) is 1.66. The van der Waals surface area contributed by atoms with Crippen LogP contribution in [0.15, 0.2) is 24.3 Å². The minimum absolute atomic E-state index is 0.0796. The van der Waals surface area contributed by atoms with Gasteiger partial charge in [0.15, 0.2) is 12.1 Å². The van der Waals surface area contributed by atoms with Crippen molar-refractivity contribution < 1.29 is 4.79 Å². The van der Waals surface area contributed by atoms with Gasteiger partial charge in [0.05, 0.1) is 5.69 Å². The van der Waals surface area contributed by atoms with Crippen molar-refractivity contribution in [2.24, 2.45) is 0 Å². The lowest BCUT2D eigenvalue weighted by Gasteiger charge is -2.31. The van der Waals surface area contributed by atoms with Gasteiger partial charge in [-0.15, -0.1) is 0 Å². The maximum absolute atomic E-state index is 10.8. The Labute approximate surface area is 99.9 Å². The van der Waals surface area contributed by atoms with Crippen molar-refractivity contribution in [3.63, 3.8) is 0 Å². The van der Waals surface area contributed by atoms with Crippen molar-refractivity contribution in [2.75, 3.05) is 0 Å². The van der Waals surface area contributed by atoms with Crippen LogP contribution in [0.1, 0.15) is 35.7 Å². The van der Waals surface area contributed by atoms with Crippen molar-refractivity contribution in [3.05, 3.63) is 41.3 Å². The van der Waals surface area contributed by atoms with Crippen molar-refractivity contribution in [2.45, 2.75) is 25.7 Å². The Morgan fingerprint density at radius 3 is 2.88 bits per heavy atom. The number of H-pyrrole nitrogens is 1. The normalized spacial score (nSPS) is 16.1. The smallest absolute Gasteiger partial charge is 0.185 e. The summed E-state index contributed by atoms with van der Waals surface area (Å²) in [6.45, 7) is 4.44. The second-order valence-electron chi connectivity index (χ2n) is 5.17. The summed E-state index contributed by atoms with van der Waals surface area (Å²) in [6, 6.07) is 8.29. The summed E-state index contributed by atoms with van der Waals surface area (Å²) in [7, 11) is 0. The number of nitrogens with zero attached hydrogens (tertiary/aromatic N) is 1. The Morgan fingerprint density at radius 1 is 1.35 bits per heavy atom. The fourth-order valence-electron chi connectivity index (χ4n) is 2.65. The van der Waals surface area contributed by atoms with E-state index in [4.69, 9.17) is 0 Å². The summed E-state index contributed by atoms with van der Waals surface area (Å²) in [5.41, 5.74) is 4.52. The van der Waals surface area contributed by atoms with Crippen LogP contribution in [0.4, 0.5) is 0 Å². The lowest BCUT2D eigenvalue weighted by molar-refractivity contribution is 0.111. The van der Waals surface area contributed by atoms with Gasteiger partial charge in [-0.2, -0.15) is 0 Å². The molecular weight excluding hydrogens is 212 g/mol. The quantitative estimate of drug-likeness (QED) is 0.760. The lowest BCUT2D eigenvalue weighted by Crippen LogP contribution is -2.25. The van der Waals surface area contributed by atoms with E-state index in [0.717, 1.165) is 29.7 Å². The van der Waals surface area contributed by atoms with Gasteiger partial charge in [0.2, 0.25) is 0 Å². The van der Waals surface area contributed by atoms with E-state index < -0.39 is 0 Å². The Hall–Kier alpha value is -1.90. The Balaban J connectivity index is 2.29. The van der Waals surface area contributed by atoms with Gasteiger partial charge in [0, 0.05) is 11.3 Å². The molecule has 2 aromatic rings. The molecule has 1 aromatic heterocycles. The molecule has 3 rings (SSSR count). The molecular formula is C14H14N2O. The van der Waals surface area contributed by atoms with Crippen LogP contribution in [0.3, 0.4) is 0 Å². The summed E-state index contributed by atoms with van der Waals surface area (Å²) < 4.78 is 0. The van der Waals surface area contributed by atoms with Crippen molar-refractivity contribution in [1.29, 1.82) is 0 Å². The highest BCUT2D eigenvalue weighted by molar-refractivity contribution is 5.76. The first-order valence-electron chi connectivity index (χ1n) is 5.76. The monoisotopic (exact) mass is 226 g/mol. The molecule has 1 aliphatic carbocycles. The largest absolute Gasteiger partial charge is 0.339 e. The number of carbonyl (C=O) groups is 1. The average Bonchev–Trinajstić information content (AvgIpc) is 2.71. The molecule has 0 bridgehead atoms. The Kier molecular flexibility index (Phi) is 1.99. The molecule has 1 aromatic carbocycles. The van der Waals surface area contributed by atoms with E-state index in [-0.39, 0.29) is 5.41 Å². The molecule has 3 heteroatoms. The third-order valence-electron chi connectivity index (χ3n) is 3.44. The first kappa shape index (κ1) is 10.3. The molecule has 0 radical (unpaired) electrons. The summed E-state index contributed by atoms with van der Waals surface area (Å²) >= 11 is 0. The molecule has 0 saturated carbocycles. The maximum Gasteiger partial charge on any atom is 0.185 e. The van der Waals surface area contributed by atoms with Crippen LogP contribution in [0.25, 0.3) is 11.3 Å².